The number of unbranched alkanes of at least 4 members (excludes halogenated alkanes) is 1. The van der Waals surface area contributed by atoms with Gasteiger partial charge >= 0.3 is 0 Å². The lowest BCUT2D eigenvalue weighted by Gasteiger charge is -2.09. The molecule has 1 aromatic heterocycles. The third-order valence-corrected chi connectivity index (χ3v) is 5.50. The van der Waals surface area contributed by atoms with Gasteiger partial charge in [-0.15, -0.1) is 0 Å². The molecule has 134 valence electrons. The number of hydrogen-bond acceptors (Lipinski definition) is 5. The highest BCUT2D eigenvalue weighted by Gasteiger charge is 2.25. The maximum atomic E-state index is 12.4. The molecule has 0 amide bonds. The Kier molecular flexibility index (Phi) is 5.65. The van der Waals surface area contributed by atoms with Crippen LogP contribution in [-0.2, 0) is 16.6 Å². The lowest BCUT2D eigenvalue weighted by atomic mass is 10.2. The highest BCUT2D eigenvalue weighted by atomic mass is 32.2. The van der Waals surface area contributed by atoms with Crippen molar-refractivity contribution in [3.05, 3.63) is 48.0 Å². The van der Waals surface area contributed by atoms with Crippen LogP contribution in [0, 0.1) is 0 Å². The van der Waals surface area contributed by atoms with Crippen LogP contribution in [0.25, 0.3) is 0 Å². The Hall–Kier alpha value is -1.99. The van der Waals surface area contributed by atoms with Crippen molar-refractivity contribution in [3.8, 4) is 5.75 Å². The molecule has 1 aliphatic rings. The number of aromatic nitrogens is 2. The largest absolute Gasteiger partial charge is 0.494 e. The van der Waals surface area contributed by atoms with Gasteiger partial charge in [-0.3, -0.25) is 0 Å². The maximum Gasteiger partial charge on any atom is 0.240 e. The van der Waals surface area contributed by atoms with Crippen molar-refractivity contribution >= 4 is 10.0 Å². The minimum absolute atomic E-state index is 0.152. The second-order valence-electron chi connectivity index (χ2n) is 6.21. The zero-order valence-electron chi connectivity index (χ0n) is 14.3. The third kappa shape index (κ3) is 4.99. The predicted molar refractivity (Wildman–Crippen MR) is 94.9 cm³/mol. The molecule has 0 bridgehead atoms. The molecule has 2 aromatic rings. The molecular formula is C18H23N3O3S. The summed E-state index contributed by atoms with van der Waals surface area (Å²) in [4.78, 5) is 8.60. The van der Waals surface area contributed by atoms with E-state index in [0.717, 1.165) is 31.4 Å². The molecule has 6 nitrogen and oxygen atoms in total. The highest BCUT2D eigenvalue weighted by molar-refractivity contribution is 7.89. The van der Waals surface area contributed by atoms with Gasteiger partial charge in [0.25, 0.3) is 0 Å². The van der Waals surface area contributed by atoms with E-state index in [-0.39, 0.29) is 11.4 Å². The van der Waals surface area contributed by atoms with Crippen LogP contribution in [-0.4, -0.2) is 25.0 Å². The van der Waals surface area contributed by atoms with E-state index >= 15 is 0 Å². The van der Waals surface area contributed by atoms with Crippen LogP contribution in [0.5, 0.6) is 5.75 Å². The van der Waals surface area contributed by atoms with Crippen molar-refractivity contribution in [3.63, 3.8) is 0 Å². The summed E-state index contributed by atoms with van der Waals surface area (Å²) in [5.41, 5.74) is 1.68. The van der Waals surface area contributed by atoms with E-state index < -0.39 is 10.0 Å². The fourth-order valence-electron chi connectivity index (χ4n) is 2.42. The van der Waals surface area contributed by atoms with Crippen molar-refractivity contribution in [1.29, 1.82) is 0 Å². The first kappa shape index (κ1) is 17.8. The summed E-state index contributed by atoms with van der Waals surface area (Å²) in [6, 6.07) is 8.35. The van der Waals surface area contributed by atoms with Crippen molar-refractivity contribution in [2.45, 2.75) is 50.0 Å². The van der Waals surface area contributed by atoms with Gasteiger partial charge in [-0.25, -0.2) is 23.1 Å². The summed E-state index contributed by atoms with van der Waals surface area (Å²) >= 11 is 0. The molecule has 3 rings (SSSR count). The van der Waals surface area contributed by atoms with Crippen LogP contribution >= 0.6 is 0 Å². The van der Waals surface area contributed by atoms with Crippen LogP contribution in [0.4, 0.5) is 0 Å². The van der Waals surface area contributed by atoms with E-state index in [1.165, 1.54) is 6.33 Å². The molecule has 1 heterocycles. The van der Waals surface area contributed by atoms with E-state index in [4.69, 9.17) is 4.74 Å². The highest BCUT2D eigenvalue weighted by Crippen LogP contribution is 2.38. The number of nitrogens with zero attached hydrogens (tertiary/aromatic N) is 2. The quantitative estimate of drug-likeness (QED) is 0.694. The number of rotatable bonds is 9. The molecule has 1 fully saturated rings. The van der Waals surface area contributed by atoms with Crippen molar-refractivity contribution in [2.24, 2.45) is 0 Å². The molecule has 1 aliphatic carbocycles. The average Bonchev–Trinajstić information content (AvgIpc) is 3.46. The fourth-order valence-corrected chi connectivity index (χ4v) is 3.41. The molecule has 0 aliphatic heterocycles. The van der Waals surface area contributed by atoms with E-state index in [1.54, 1.807) is 24.3 Å². The van der Waals surface area contributed by atoms with Crippen molar-refractivity contribution < 1.29 is 13.2 Å². The first-order valence-electron chi connectivity index (χ1n) is 8.62. The summed E-state index contributed by atoms with van der Waals surface area (Å²) in [7, 11) is -3.58. The SMILES string of the molecule is CCCCOc1ccc(S(=O)(=O)NCc2cc(C3CC3)ncn2)cc1. The fraction of sp³-hybridized carbons (Fsp3) is 0.444. The molecule has 25 heavy (non-hydrogen) atoms. The Labute approximate surface area is 148 Å². The monoisotopic (exact) mass is 361 g/mol. The van der Waals surface area contributed by atoms with Gasteiger partial charge in [-0.05, 0) is 49.6 Å². The number of benzene rings is 1. The van der Waals surface area contributed by atoms with E-state index in [9.17, 15) is 8.42 Å². The lowest BCUT2D eigenvalue weighted by molar-refractivity contribution is 0.309. The zero-order chi connectivity index (χ0) is 17.7. The maximum absolute atomic E-state index is 12.4. The predicted octanol–water partition coefficient (Wildman–Crippen LogP) is 3.01. The molecule has 1 N–H and O–H groups in total. The van der Waals surface area contributed by atoms with Crippen molar-refractivity contribution in [2.75, 3.05) is 6.61 Å². The number of sulfonamides is 1. The molecule has 0 unspecified atom stereocenters. The minimum Gasteiger partial charge on any atom is -0.494 e. The van der Waals surface area contributed by atoms with E-state index in [1.807, 2.05) is 6.07 Å². The first-order valence-corrected chi connectivity index (χ1v) is 10.1. The van der Waals surface area contributed by atoms with Gasteiger partial charge in [-0.2, -0.15) is 0 Å². The first-order chi connectivity index (χ1) is 12.1. The van der Waals surface area contributed by atoms with Gasteiger partial charge in [0, 0.05) is 11.6 Å². The second kappa shape index (κ2) is 7.93. The van der Waals surface area contributed by atoms with Gasteiger partial charge in [0.2, 0.25) is 10.0 Å². The number of ether oxygens (including phenoxy) is 1. The topological polar surface area (TPSA) is 81.2 Å². The van der Waals surface area contributed by atoms with Gasteiger partial charge in [0.1, 0.15) is 12.1 Å². The normalized spacial score (nSPS) is 14.4. The standard InChI is InChI=1S/C18H23N3O3S/c1-2-3-10-24-16-6-8-17(9-7-16)25(22,23)21-12-15-11-18(14-4-5-14)20-13-19-15/h6-9,11,13-14,21H,2-5,10,12H2,1H3. The average molecular weight is 361 g/mol. The van der Waals surface area contributed by atoms with Gasteiger partial charge in [-0.1, -0.05) is 13.3 Å². The van der Waals surface area contributed by atoms with Crippen LogP contribution in [0.1, 0.15) is 49.9 Å². The number of hydrogen-bond donors (Lipinski definition) is 1. The summed E-state index contributed by atoms with van der Waals surface area (Å²) in [6.07, 6.45) is 5.83. The number of nitrogens with one attached hydrogen (secondary N) is 1. The molecule has 1 saturated carbocycles. The Morgan fingerprint density at radius 3 is 2.64 bits per heavy atom. The Balaban J connectivity index is 1.60. The minimum atomic E-state index is -3.58. The lowest BCUT2D eigenvalue weighted by Crippen LogP contribution is -2.23. The van der Waals surface area contributed by atoms with Crippen LogP contribution in [0.15, 0.2) is 41.6 Å². The van der Waals surface area contributed by atoms with Gasteiger partial charge in [0.05, 0.1) is 23.7 Å². The molecule has 0 radical (unpaired) electrons. The smallest absolute Gasteiger partial charge is 0.240 e. The third-order valence-electron chi connectivity index (χ3n) is 4.08. The van der Waals surface area contributed by atoms with Gasteiger partial charge in [0.15, 0.2) is 0 Å². The summed E-state index contributed by atoms with van der Waals surface area (Å²) < 4.78 is 33.0. The van der Waals surface area contributed by atoms with E-state index in [2.05, 4.69) is 21.6 Å². The van der Waals surface area contributed by atoms with Crippen molar-refractivity contribution in [1.82, 2.24) is 14.7 Å². The Morgan fingerprint density at radius 1 is 1.20 bits per heavy atom. The summed E-state index contributed by atoms with van der Waals surface area (Å²) in [6.45, 7) is 2.88. The zero-order valence-corrected chi connectivity index (χ0v) is 15.1. The molecule has 0 saturated heterocycles. The van der Waals surface area contributed by atoms with E-state index in [0.29, 0.717) is 24.0 Å². The molecule has 1 aromatic carbocycles. The Morgan fingerprint density at radius 2 is 1.96 bits per heavy atom. The summed E-state index contributed by atoms with van der Waals surface area (Å²) in [5, 5.41) is 0. The second-order valence-corrected chi connectivity index (χ2v) is 7.97. The molecule has 0 spiro atoms. The van der Waals surface area contributed by atoms with Gasteiger partial charge < -0.3 is 4.74 Å². The van der Waals surface area contributed by atoms with Crippen LogP contribution in [0.2, 0.25) is 0 Å². The molecular weight excluding hydrogens is 338 g/mol. The summed E-state index contributed by atoms with van der Waals surface area (Å²) in [5.74, 6) is 1.19. The van der Waals surface area contributed by atoms with Crippen LogP contribution in [0.3, 0.4) is 0 Å². The Bertz CT molecular complexity index is 803. The molecule has 0 atom stereocenters. The van der Waals surface area contributed by atoms with Crippen LogP contribution < -0.4 is 9.46 Å². The molecule has 7 heteroatoms.